The number of benzene rings is 6. The molecule has 3 saturated carbocycles. The summed E-state index contributed by atoms with van der Waals surface area (Å²) >= 11 is 0. The summed E-state index contributed by atoms with van der Waals surface area (Å²) in [4.78, 5) is 78.0. The molecule has 3 aliphatic carbocycles. The molecule has 1 amide bonds. The van der Waals surface area contributed by atoms with Gasteiger partial charge in [0.05, 0.1) is 77.4 Å². The predicted octanol–water partition coefficient (Wildman–Crippen LogP) is 13.4. The van der Waals surface area contributed by atoms with Crippen LogP contribution in [-0.4, -0.2) is 167 Å². The molecule has 3 aliphatic rings. The van der Waals surface area contributed by atoms with Crippen LogP contribution in [0, 0.1) is 45.1 Å². The number of aromatic nitrogens is 12. The van der Waals surface area contributed by atoms with E-state index in [1.165, 1.54) is 38.5 Å². The number of aromatic amines is 3. The molecule has 34 heteroatoms. The maximum Gasteiger partial charge on any atom is 1.00 e. The van der Waals surface area contributed by atoms with Crippen LogP contribution >= 0.6 is 12.4 Å². The van der Waals surface area contributed by atoms with E-state index in [0.717, 1.165) is 140 Å². The molecule has 0 spiro atoms. The molecule has 6 aromatic carbocycles. The van der Waals surface area contributed by atoms with E-state index >= 15 is 0 Å². The van der Waals surface area contributed by atoms with Crippen molar-refractivity contribution >= 4 is 62.3 Å². The van der Waals surface area contributed by atoms with Crippen LogP contribution < -0.4 is 73.3 Å². The van der Waals surface area contributed by atoms with Gasteiger partial charge < -0.3 is 64.2 Å². The van der Waals surface area contributed by atoms with Gasteiger partial charge in [0.25, 0.3) is 0 Å². The number of carbonyl (C=O) groups is 6. The maximum absolute atomic E-state index is 13.6. The molecule has 3 fully saturated rings. The van der Waals surface area contributed by atoms with Gasteiger partial charge in [-0.25, -0.2) is 33.3 Å². The van der Waals surface area contributed by atoms with Crippen molar-refractivity contribution in [2.45, 2.75) is 196 Å². The quantitative estimate of drug-likeness (QED) is 0.00339. The van der Waals surface area contributed by atoms with E-state index < -0.39 is 35.2 Å². The zero-order valence-corrected chi connectivity index (χ0v) is 81.8. The third kappa shape index (κ3) is 36.1. The van der Waals surface area contributed by atoms with E-state index in [1.54, 1.807) is 67.7 Å². The number of Topliss-reactive ketones (excluding diaryl/α,β-unsaturated/α-hetero) is 3. The average Bonchev–Trinajstić information content (AvgIpc) is 1.67. The molecule has 31 nitrogen and oxygen atoms in total. The average molecular weight is 1870 g/mol. The number of hydrogen-bond acceptors (Lipinski definition) is 23. The monoisotopic (exact) mass is 1870 g/mol. The van der Waals surface area contributed by atoms with Crippen LogP contribution in [0.25, 0.3) is 21.9 Å². The number of ketones is 3. The first-order valence-electron chi connectivity index (χ1n) is 44.6. The van der Waals surface area contributed by atoms with Crippen molar-refractivity contribution in [1.82, 2.24) is 86.5 Å². The summed E-state index contributed by atoms with van der Waals surface area (Å²) < 4.78 is 24.2. The van der Waals surface area contributed by atoms with E-state index in [2.05, 4.69) is 118 Å². The Morgan fingerprint density at radius 3 is 1.10 bits per heavy atom. The van der Waals surface area contributed by atoms with Crippen LogP contribution in [0.5, 0.6) is 0 Å². The second-order valence-electron chi connectivity index (χ2n) is 36.1. The van der Waals surface area contributed by atoms with Crippen LogP contribution in [0.15, 0.2) is 201 Å². The number of carbonyl (C=O) groups excluding carboxylic acids is 6. The van der Waals surface area contributed by atoms with Crippen LogP contribution in [0.3, 0.4) is 0 Å². The number of rotatable bonds is 34. The molecule has 3 unspecified atom stereocenters. The number of ether oxygens (including phenoxy) is 4. The molecule has 6 aromatic heterocycles. The number of halogens is 1. The topological polar surface area (TPSA) is 421 Å². The molecule has 3 radical (unpaired) electrons. The maximum atomic E-state index is 13.6. The van der Waals surface area contributed by atoms with E-state index in [4.69, 9.17) is 38.0 Å². The van der Waals surface area contributed by atoms with Crippen molar-refractivity contribution in [3.8, 4) is 17.1 Å². The SMILES string of the molecule is C.CC(C)(C)OC(=O)OC(=O)OC(C)(C)C.Cc1cc(C(=O)Cc2cccc(C(NCC3CC3)c3cn[nH]c3)c2)n(-c2cccc(CN)c2)n1.Cc1cc(C(=O)Cc2cccc(C(NCC3CC3)c3cn[nH]c3)c2)n(-c2cccc(CNC(=O)OC(C)(C)C)c2)n1.Cl.NCCNCCN.[B].[C-]#[N+]c1cccc(-n2nc(C)cc2C(=O)Cc2cccc(C(NCC3CC3)c3cn[nH]c3)c2)c1.[H-].[Na+]. The standard InChI is InChI=1S/C32H38N6O3.C27H26N6O.C27H30N6O.C10H18O5.C4H13N3.CH4.B.ClH.Na.H/c1-21-13-28(38(37-21)27-10-6-8-24(15-27)18-34-31(40)41-32(2,3)4)29(39)16-23-7-5-9-25(14-23)30(26-19-35-36-20-26)33-17-22-11-12-22;1-18-11-25(33(32-18)24-8-4-7-23(14-24)28-2)26(34)13-20-5-3-6-21(12-20)27(22-16-30-31-17-22)29-15-19-9-10-19;1-18-10-25(33(32-18)24-7-3-5-21(12-24)14-28)26(34)13-20-4-2-6-22(11-20)27(23-16-30-31-17-23)29-15-19-8-9-19;1-9(2,3)14-7(11)13-8(12)15-10(4,5)6;5-1-3-7-4-2-6;;;;;/h5-10,13-15,19-20,22,30,33H,11-12,16-18H2,1-4H3,(H,34,40)(H,35,36);3-8,11-12,14,16-17,19,27,29H,9-10,13,15H2,1H3,(H,30,31);2-7,10-12,16-17,19,27,29H,8-9,13-15,28H2,1H3,(H,30,31);1-6H3;7H,1-6H2;1H4;;1H;;/q;;;;;;;;+1;-1. The summed E-state index contributed by atoms with van der Waals surface area (Å²) in [5.41, 5.74) is 32.3. The number of alkyl carbamates (subject to hydrolysis) is 1. The first-order valence-corrected chi connectivity index (χ1v) is 44.6. The fourth-order valence-corrected chi connectivity index (χ4v) is 14.3. The van der Waals surface area contributed by atoms with E-state index in [0.29, 0.717) is 61.1 Å². The molecular weight excluding hydrogens is 1740 g/mol. The summed E-state index contributed by atoms with van der Waals surface area (Å²) in [5, 5.41) is 51.8. The van der Waals surface area contributed by atoms with Crippen molar-refractivity contribution in [3.63, 3.8) is 0 Å². The Balaban J connectivity index is 0.000000278. The van der Waals surface area contributed by atoms with Crippen LogP contribution in [0.2, 0.25) is 0 Å². The molecule has 0 aliphatic heterocycles. The van der Waals surface area contributed by atoms with Gasteiger partial charge >= 0.3 is 48.0 Å². The number of H-pyrrole nitrogens is 3. The molecule has 12 aromatic rings. The fraction of sp³-hybridized carbons (Fsp3) is 0.396. The van der Waals surface area contributed by atoms with Gasteiger partial charge in [0.2, 0.25) is 0 Å². The first kappa shape index (κ1) is 110. The van der Waals surface area contributed by atoms with E-state index in [-0.39, 0.29) is 108 Å². The molecule has 135 heavy (non-hydrogen) atoms. The molecule has 711 valence electrons. The smallest absolute Gasteiger partial charge is 1.00 e. The van der Waals surface area contributed by atoms with Gasteiger partial charge in [-0.2, -0.15) is 30.6 Å². The van der Waals surface area contributed by atoms with Gasteiger partial charge in [-0.1, -0.05) is 117 Å². The number of nitrogens with one attached hydrogen (secondary N) is 8. The summed E-state index contributed by atoms with van der Waals surface area (Å²) in [6.07, 6.45) is 17.2. The first-order chi connectivity index (χ1) is 62.8. The van der Waals surface area contributed by atoms with Crippen molar-refractivity contribution in [2.75, 3.05) is 45.8 Å². The van der Waals surface area contributed by atoms with Crippen molar-refractivity contribution in [3.05, 3.63) is 308 Å². The summed E-state index contributed by atoms with van der Waals surface area (Å²) in [7, 11) is 0. The van der Waals surface area contributed by atoms with E-state index in [1.807, 2.05) is 194 Å². The second-order valence-corrected chi connectivity index (χ2v) is 36.1. The number of aryl methyl sites for hydroxylation is 3. The van der Waals surface area contributed by atoms with Gasteiger partial charge in [-0.3, -0.25) is 29.7 Å². The van der Waals surface area contributed by atoms with Gasteiger partial charge in [-0.15, -0.1) is 12.4 Å². The third-order valence-electron chi connectivity index (χ3n) is 21.0. The Morgan fingerprint density at radius 1 is 0.459 bits per heavy atom. The number of hydrogen-bond donors (Lipinski definition) is 11. The number of nitrogens with zero attached hydrogens (tertiary/aromatic N) is 10. The zero-order valence-electron chi connectivity index (χ0n) is 80.0. The Hall–Kier alpha value is -11.8. The van der Waals surface area contributed by atoms with Gasteiger partial charge in [-0.05, 0) is 258 Å². The normalized spacial score (nSPS) is 13.2. The Kier molecular flexibility index (Phi) is 43.2. The summed E-state index contributed by atoms with van der Waals surface area (Å²) in [6.45, 7) is 35.2. The molecular formula is C101H131BClN21NaO10. The molecule has 14 N–H and O–H groups in total. The Bertz CT molecular complexity index is 5760. The Morgan fingerprint density at radius 2 is 0.785 bits per heavy atom. The molecule has 15 rings (SSSR count). The number of amides is 1. The molecule has 6 heterocycles. The largest absolute Gasteiger partial charge is 1.00 e. The minimum Gasteiger partial charge on any atom is -1.00 e. The predicted molar refractivity (Wildman–Crippen MR) is 524 cm³/mol. The van der Waals surface area contributed by atoms with Gasteiger partial charge in [0.15, 0.2) is 23.0 Å². The second kappa shape index (κ2) is 52.9. The third-order valence-corrected chi connectivity index (χ3v) is 21.0. The molecule has 0 bridgehead atoms. The fourth-order valence-electron chi connectivity index (χ4n) is 14.3. The number of nitrogens with two attached hydrogens (primary N) is 3. The summed E-state index contributed by atoms with van der Waals surface area (Å²) in [5.74, 6) is 2.25. The zero-order chi connectivity index (χ0) is 93.8. The Labute approximate surface area is 823 Å². The van der Waals surface area contributed by atoms with Crippen molar-refractivity contribution < 1.29 is 78.7 Å². The molecule has 0 saturated heterocycles. The van der Waals surface area contributed by atoms with Gasteiger partial charge in [0.1, 0.15) is 33.9 Å². The molecule has 3 atom stereocenters. The van der Waals surface area contributed by atoms with Gasteiger partial charge in [0, 0.05) is 102 Å². The van der Waals surface area contributed by atoms with Crippen LogP contribution in [-0.2, 0) is 51.3 Å². The van der Waals surface area contributed by atoms with Crippen LogP contribution in [0.1, 0.15) is 238 Å². The minimum absolute atomic E-state index is 0. The van der Waals surface area contributed by atoms with Crippen molar-refractivity contribution in [2.24, 2.45) is 35.0 Å². The van der Waals surface area contributed by atoms with Crippen LogP contribution in [0.4, 0.5) is 20.1 Å². The minimum atomic E-state index is -1.06. The van der Waals surface area contributed by atoms with E-state index in [9.17, 15) is 28.8 Å². The van der Waals surface area contributed by atoms with Crippen molar-refractivity contribution in [1.29, 1.82) is 0 Å². The summed E-state index contributed by atoms with van der Waals surface area (Å²) in [6, 6.07) is 52.8.